The van der Waals surface area contributed by atoms with Gasteiger partial charge >= 0.3 is 6.61 Å². The maximum absolute atomic E-state index is 13.2. The molecule has 2 aliphatic rings. The van der Waals surface area contributed by atoms with Crippen LogP contribution in [0, 0.1) is 0 Å². The van der Waals surface area contributed by atoms with Crippen LogP contribution in [-0.2, 0) is 17.8 Å². The second kappa shape index (κ2) is 8.28. The van der Waals surface area contributed by atoms with Crippen LogP contribution in [0.4, 0.5) is 14.5 Å². The molecule has 2 aromatic carbocycles. The Labute approximate surface area is 176 Å². The van der Waals surface area contributed by atoms with Gasteiger partial charge in [0.2, 0.25) is 5.91 Å². The zero-order valence-corrected chi connectivity index (χ0v) is 17.5. The maximum Gasteiger partial charge on any atom is 0.387 e. The molecule has 29 heavy (non-hydrogen) atoms. The van der Waals surface area contributed by atoms with Crippen molar-refractivity contribution in [2.24, 2.45) is 0 Å². The summed E-state index contributed by atoms with van der Waals surface area (Å²) >= 11 is 3.61. The van der Waals surface area contributed by atoms with Gasteiger partial charge in [-0.25, -0.2) is 0 Å². The monoisotopic (exact) mass is 466 g/mol. The molecule has 0 radical (unpaired) electrons. The normalized spacial score (nSPS) is 19.6. The van der Waals surface area contributed by atoms with E-state index in [0.29, 0.717) is 25.2 Å². The maximum atomic E-state index is 13.2. The van der Waals surface area contributed by atoms with E-state index in [0.717, 1.165) is 34.3 Å². The minimum Gasteiger partial charge on any atom is -0.496 e. The predicted molar refractivity (Wildman–Crippen MR) is 109 cm³/mol. The van der Waals surface area contributed by atoms with Crippen LogP contribution in [-0.4, -0.2) is 43.7 Å². The lowest BCUT2D eigenvalue weighted by Gasteiger charge is -2.34. The van der Waals surface area contributed by atoms with Gasteiger partial charge in [-0.15, -0.1) is 0 Å². The summed E-state index contributed by atoms with van der Waals surface area (Å²) in [6.07, 6.45) is 1.42. The number of fused-ring (bicyclic) bond motifs is 1. The molecule has 1 saturated heterocycles. The van der Waals surface area contributed by atoms with Gasteiger partial charge in [-0.3, -0.25) is 9.69 Å². The topological polar surface area (TPSA) is 42.0 Å². The predicted octanol–water partition coefficient (Wildman–Crippen LogP) is 4.22. The molecule has 0 spiro atoms. The number of hydrogen-bond donors (Lipinski definition) is 0. The molecule has 2 aromatic rings. The standard InChI is InChI=1S/C21H21BrF2N2O3/c1-28-18-7-6-15(22)14-12-25(10-8-13(14)18)17-9-11-26(20(17)27)16-4-2-3-5-19(16)29-21(23)24/h2-7,17,21H,8-12H2,1H3. The third kappa shape index (κ3) is 3.83. The van der Waals surface area contributed by atoms with E-state index < -0.39 is 6.61 Å². The highest BCUT2D eigenvalue weighted by atomic mass is 79.9. The number of halogens is 3. The summed E-state index contributed by atoms with van der Waals surface area (Å²) in [4.78, 5) is 16.9. The Hall–Kier alpha value is -2.19. The largest absolute Gasteiger partial charge is 0.496 e. The molecule has 154 valence electrons. The first-order valence-electron chi connectivity index (χ1n) is 9.43. The molecule has 0 aliphatic carbocycles. The van der Waals surface area contributed by atoms with Crippen LogP contribution in [0.5, 0.6) is 11.5 Å². The summed E-state index contributed by atoms with van der Waals surface area (Å²) < 4.78 is 36.6. The molecule has 1 atom stereocenters. The van der Waals surface area contributed by atoms with Crippen LogP contribution in [0.15, 0.2) is 40.9 Å². The van der Waals surface area contributed by atoms with Crippen LogP contribution < -0.4 is 14.4 Å². The quantitative estimate of drug-likeness (QED) is 0.661. The molecule has 1 unspecified atom stereocenters. The summed E-state index contributed by atoms with van der Waals surface area (Å²) in [6.45, 7) is -1.10. The first-order chi connectivity index (χ1) is 14.0. The number of para-hydroxylation sites is 2. The number of alkyl halides is 2. The highest BCUT2D eigenvalue weighted by Crippen LogP contribution is 2.37. The fourth-order valence-electron chi connectivity index (χ4n) is 4.20. The number of carbonyl (C=O) groups is 1. The third-order valence-corrected chi connectivity index (χ3v) is 6.29. The highest BCUT2D eigenvalue weighted by Gasteiger charge is 2.39. The van der Waals surface area contributed by atoms with Gasteiger partial charge in [0.25, 0.3) is 0 Å². The fraction of sp³-hybridized carbons (Fsp3) is 0.381. The summed E-state index contributed by atoms with van der Waals surface area (Å²) in [5.74, 6) is 0.797. The van der Waals surface area contributed by atoms with Crippen molar-refractivity contribution in [3.63, 3.8) is 0 Å². The SMILES string of the molecule is COc1ccc(Br)c2c1CCN(C1CCN(c3ccccc3OC(F)F)C1=O)C2. The molecular formula is C21H21BrF2N2O3. The zero-order valence-electron chi connectivity index (χ0n) is 15.9. The number of rotatable bonds is 5. The van der Waals surface area contributed by atoms with Crippen LogP contribution in [0.1, 0.15) is 17.5 Å². The highest BCUT2D eigenvalue weighted by molar-refractivity contribution is 9.10. The second-order valence-corrected chi connectivity index (χ2v) is 7.92. The minimum absolute atomic E-state index is 0.0213. The van der Waals surface area contributed by atoms with Gasteiger partial charge in [-0.05, 0) is 42.7 Å². The van der Waals surface area contributed by atoms with E-state index in [9.17, 15) is 13.6 Å². The fourth-order valence-corrected chi connectivity index (χ4v) is 4.70. The van der Waals surface area contributed by atoms with Crippen LogP contribution >= 0.6 is 15.9 Å². The van der Waals surface area contributed by atoms with Gasteiger partial charge < -0.3 is 14.4 Å². The Bertz CT molecular complexity index is 925. The molecule has 0 bridgehead atoms. The van der Waals surface area contributed by atoms with Gasteiger partial charge in [0.15, 0.2) is 0 Å². The van der Waals surface area contributed by atoms with E-state index in [2.05, 4.69) is 25.6 Å². The Kier molecular flexibility index (Phi) is 5.74. The van der Waals surface area contributed by atoms with Crippen molar-refractivity contribution >= 4 is 27.5 Å². The van der Waals surface area contributed by atoms with Crippen molar-refractivity contribution in [3.05, 3.63) is 52.0 Å². The van der Waals surface area contributed by atoms with Crippen molar-refractivity contribution in [1.29, 1.82) is 0 Å². The molecule has 1 amide bonds. The number of methoxy groups -OCH3 is 1. The molecular weight excluding hydrogens is 446 g/mol. The van der Waals surface area contributed by atoms with Gasteiger partial charge in [-0.2, -0.15) is 8.78 Å². The number of benzene rings is 2. The summed E-state index contributed by atoms with van der Waals surface area (Å²) in [6, 6.07) is 10.1. The Balaban J connectivity index is 1.55. The lowest BCUT2D eigenvalue weighted by molar-refractivity contribution is -0.122. The third-order valence-electron chi connectivity index (χ3n) is 5.55. The molecule has 0 aromatic heterocycles. The lowest BCUT2D eigenvalue weighted by Crippen LogP contribution is -2.44. The van der Waals surface area contributed by atoms with Crippen molar-refractivity contribution in [2.45, 2.75) is 32.0 Å². The molecule has 2 heterocycles. The smallest absolute Gasteiger partial charge is 0.387 e. The van der Waals surface area contributed by atoms with E-state index in [4.69, 9.17) is 4.74 Å². The van der Waals surface area contributed by atoms with Crippen molar-refractivity contribution in [1.82, 2.24) is 4.90 Å². The average Bonchev–Trinajstić information content (AvgIpc) is 3.09. The van der Waals surface area contributed by atoms with Crippen LogP contribution in [0.2, 0.25) is 0 Å². The average molecular weight is 467 g/mol. The van der Waals surface area contributed by atoms with E-state index in [1.165, 1.54) is 6.07 Å². The van der Waals surface area contributed by atoms with Crippen molar-refractivity contribution < 1.29 is 23.0 Å². The Morgan fingerprint density at radius 3 is 2.66 bits per heavy atom. The number of hydrogen-bond acceptors (Lipinski definition) is 4. The summed E-state index contributed by atoms with van der Waals surface area (Å²) in [5.41, 5.74) is 2.68. The molecule has 1 fully saturated rings. The second-order valence-electron chi connectivity index (χ2n) is 7.07. The van der Waals surface area contributed by atoms with Crippen molar-refractivity contribution in [3.8, 4) is 11.5 Å². The lowest BCUT2D eigenvalue weighted by atomic mass is 9.97. The van der Waals surface area contributed by atoms with Crippen LogP contribution in [0.3, 0.4) is 0 Å². The van der Waals surface area contributed by atoms with Crippen LogP contribution in [0.25, 0.3) is 0 Å². The first-order valence-corrected chi connectivity index (χ1v) is 10.2. The molecule has 2 aliphatic heterocycles. The first kappa shape index (κ1) is 20.1. The number of carbonyl (C=O) groups excluding carboxylic acids is 1. The van der Waals surface area contributed by atoms with E-state index in [1.807, 2.05) is 12.1 Å². The number of amides is 1. The molecule has 8 heteroatoms. The zero-order chi connectivity index (χ0) is 20.5. The molecule has 5 nitrogen and oxygen atoms in total. The number of anilines is 1. The van der Waals surface area contributed by atoms with E-state index in [-0.39, 0.29) is 17.7 Å². The van der Waals surface area contributed by atoms with Gasteiger partial charge in [-0.1, -0.05) is 28.1 Å². The Morgan fingerprint density at radius 1 is 1.10 bits per heavy atom. The summed E-state index contributed by atoms with van der Waals surface area (Å²) in [7, 11) is 1.66. The number of ether oxygens (including phenoxy) is 2. The van der Waals surface area contributed by atoms with Gasteiger partial charge in [0.05, 0.1) is 18.8 Å². The molecule has 0 saturated carbocycles. The summed E-state index contributed by atoms with van der Waals surface area (Å²) in [5, 5.41) is 0. The van der Waals surface area contributed by atoms with Gasteiger partial charge in [0, 0.05) is 29.7 Å². The van der Waals surface area contributed by atoms with Gasteiger partial charge in [0.1, 0.15) is 11.5 Å². The number of nitrogens with zero attached hydrogens (tertiary/aromatic N) is 2. The van der Waals surface area contributed by atoms with E-state index >= 15 is 0 Å². The molecule has 0 N–H and O–H groups in total. The minimum atomic E-state index is -2.93. The van der Waals surface area contributed by atoms with E-state index in [1.54, 1.807) is 30.2 Å². The molecule has 4 rings (SSSR count). The van der Waals surface area contributed by atoms with Crippen molar-refractivity contribution in [2.75, 3.05) is 25.1 Å². The Morgan fingerprint density at radius 2 is 1.90 bits per heavy atom.